The number of thioether (sulfide) groups is 1. The first kappa shape index (κ1) is 26.1. The number of ether oxygens (including phenoxy) is 2. The molecule has 0 spiro atoms. The number of amides is 2. The number of esters is 1. The van der Waals surface area contributed by atoms with Gasteiger partial charge in [-0.1, -0.05) is 11.8 Å². The van der Waals surface area contributed by atoms with Crippen LogP contribution in [0.25, 0.3) is 0 Å². The van der Waals surface area contributed by atoms with E-state index in [1.165, 1.54) is 20.1 Å². The topological polar surface area (TPSA) is 138 Å². The van der Waals surface area contributed by atoms with Gasteiger partial charge in [0.1, 0.15) is 10.8 Å². The minimum Gasteiger partial charge on any atom is -0.480 e. The lowest BCUT2D eigenvalue weighted by Gasteiger charge is -2.14. The van der Waals surface area contributed by atoms with Gasteiger partial charge in [0.15, 0.2) is 28.7 Å². The van der Waals surface area contributed by atoms with E-state index in [1.807, 2.05) is 0 Å². The lowest BCUT2D eigenvalue weighted by molar-refractivity contribution is -0.113. The van der Waals surface area contributed by atoms with Gasteiger partial charge in [0, 0.05) is 13.1 Å². The van der Waals surface area contributed by atoms with Crippen molar-refractivity contribution in [1.29, 1.82) is 0 Å². The van der Waals surface area contributed by atoms with Gasteiger partial charge >= 0.3 is 5.97 Å². The van der Waals surface area contributed by atoms with E-state index in [4.69, 9.17) is 15.2 Å². The molecule has 2 heterocycles. The van der Waals surface area contributed by atoms with Crippen LogP contribution in [-0.2, 0) is 16.6 Å². The van der Waals surface area contributed by atoms with Crippen LogP contribution in [0, 0.1) is 18.6 Å². The number of anilines is 1. The molecule has 2 aromatic heterocycles. The molecule has 1 aromatic carbocycles. The average Bonchev–Trinajstić information content (AvgIpc) is 3.33. The maximum Gasteiger partial charge on any atom is 0.341 e. The van der Waals surface area contributed by atoms with Gasteiger partial charge in [-0.3, -0.25) is 9.59 Å². The molecule has 0 saturated heterocycles. The number of carbonyl (C=O) groups is 3. The van der Waals surface area contributed by atoms with Crippen molar-refractivity contribution in [3.63, 3.8) is 0 Å². The van der Waals surface area contributed by atoms with Crippen LogP contribution in [0.5, 0.6) is 5.75 Å². The summed E-state index contributed by atoms with van der Waals surface area (Å²) in [6, 6.07) is 2.97. The highest BCUT2D eigenvalue weighted by Gasteiger charge is 2.26. The van der Waals surface area contributed by atoms with Crippen LogP contribution in [0.4, 0.5) is 13.8 Å². The average molecular weight is 526 g/mol. The van der Waals surface area contributed by atoms with E-state index in [0.29, 0.717) is 22.6 Å². The molecule has 0 aliphatic rings. The zero-order valence-electron chi connectivity index (χ0n) is 19.0. The lowest BCUT2D eigenvalue weighted by Crippen LogP contribution is -2.16. The van der Waals surface area contributed by atoms with Crippen LogP contribution < -0.4 is 15.8 Å². The van der Waals surface area contributed by atoms with Crippen molar-refractivity contribution in [2.75, 3.05) is 18.2 Å². The maximum atomic E-state index is 13.9. The Morgan fingerprint density at radius 2 is 2.00 bits per heavy atom. The first-order chi connectivity index (χ1) is 16.5. The van der Waals surface area contributed by atoms with Crippen molar-refractivity contribution in [2.45, 2.75) is 25.1 Å². The van der Waals surface area contributed by atoms with Gasteiger partial charge < -0.3 is 25.1 Å². The van der Waals surface area contributed by atoms with Gasteiger partial charge in [0.2, 0.25) is 5.91 Å². The van der Waals surface area contributed by atoms with Gasteiger partial charge in [-0.2, -0.15) is 0 Å². The van der Waals surface area contributed by atoms with E-state index in [-0.39, 0.29) is 26.9 Å². The minimum absolute atomic E-state index is 0.0598. The van der Waals surface area contributed by atoms with Crippen LogP contribution in [0.3, 0.4) is 0 Å². The molecule has 3 rings (SSSR count). The third-order valence-electron chi connectivity index (χ3n) is 4.78. The number of hydrogen-bond acceptors (Lipinski definition) is 9. The lowest BCUT2D eigenvalue weighted by atomic mass is 10.1. The van der Waals surface area contributed by atoms with E-state index >= 15 is 0 Å². The molecule has 0 bridgehead atoms. The predicted molar refractivity (Wildman–Crippen MR) is 125 cm³/mol. The van der Waals surface area contributed by atoms with Gasteiger partial charge in [-0.15, -0.1) is 21.5 Å². The van der Waals surface area contributed by atoms with E-state index in [1.54, 1.807) is 18.5 Å². The van der Waals surface area contributed by atoms with Crippen molar-refractivity contribution in [1.82, 2.24) is 14.8 Å². The molecule has 3 aromatic rings. The molecule has 2 amide bonds. The summed E-state index contributed by atoms with van der Waals surface area (Å²) in [6.07, 6.45) is -0.723. The van der Waals surface area contributed by atoms with E-state index < -0.39 is 35.5 Å². The zero-order chi connectivity index (χ0) is 25.9. The van der Waals surface area contributed by atoms with E-state index in [2.05, 4.69) is 15.5 Å². The monoisotopic (exact) mass is 525 g/mol. The van der Waals surface area contributed by atoms with Crippen LogP contribution in [0.2, 0.25) is 0 Å². The highest BCUT2D eigenvalue weighted by atomic mass is 32.2. The Kier molecular flexibility index (Phi) is 8.07. The number of methoxy groups -OCH3 is 1. The summed E-state index contributed by atoms with van der Waals surface area (Å²) in [7, 11) is 2.83. The molecule has 10 nitrogen and oxygen atoms in total. The Morgan fingerprint density at radius 1 is 1.29 bits per heavy atom. The second-order valence-electron chi connectivity index (χ2n) is 7.19. The number of thiophene rings is 1. The first-order valence-electron chi connectivity index (χ1n) is 9.98. The first-order valence-corrected chi connectivity index (χ1v) is 11.8. The Hall–Kier alpha value is -3.52. The van der Waals surface area contributed by atoms with Crippen molar-refractivity contribution < 1.29 is 32.6 Å². The Labute approximate surface area is 206 Å². The molecule has 3 N–H and O–H groups in total. The standard InChI is InChI=1S/C21H21F2N5O5S2/c1-9-15(20(31)32-4)19(35-16(9)17(24)30)25-14(29)8-34-21-27-26-18(28(21)3)10(2)33-13-6-5-11(22)7-12(13)23/h5-7,10H,8H2,1-4H3,(H2,24,30)(H,25,29). The van der Waals surface area contributed by atoms with Crippen molar-refractivity contribution in [2.24, 2.45) is 12.8 Å². The molecule has 0 aliphatic carbocycles. The number of nitrogens with one attached hydrogen (secondary N) is 1. The molecule has 0 fully saturated rings. The number of nitrogens with zero attached hydrogens (tertiary/aromatic N) is 3. The van der Waals surface area contributed by atoms with Gasteiger partial charge in [-0.05, 0) is 31.5 Å². The maximum absolute atomic E-state index is 13.9. The van der Waals surface area contributed by atoms with Crippen LogP contribution in [0.1, 0.15) is 44.4 Å². The van der Waals surface area contributed by atoms with Crippen LogP contribution in [0.15, 0.2) is 23.4 Å². The van der Waals surface area contributed by atoms with Crippen molar-refractivity contribution in [3.8, 4) is 5.75 Å². The summed E-state index contributed by atoms with van der Waals surface area (Å²) in [4.78, 5) is 36.5. The van der Waals surface area contributed by atoms with E-state index in [0.717, 1.165) is 29.2 Å². The third-order valence-corrected chi connectivity index (χ3v) is 7.02. The van der Waals surface area contributed by atoms with Gasteiger partial charge in [-0.25, -0.2) is 13.6 Å². The number of carbonyl (C=O) groups excluding carboxylic acids is 3. The summed E-state index contributed by atoms with van der Waals surface area (Å²) in [5.74, 6) is -3.37. The largest absolute Gasteiger partial charge is 0.480 e. The Balaban J connectivity index is 1.68. The summed E-state index contributed by atoms with van der Waals surface area (Å²) in [6.45, 7) is 3.16. The van der Waals surface area contributed by atoms with Gasteiger partial charge in [0.05, 0.1) is 23.3 Å². The molecule has 1 unspecified atom stereocenters. The summed E-state index contributed by atoms with van der Waals surface area (Å²) >= 11 is 1.94. The van der Waals surface area contributed by atoms with Crippen LogP contribution in [-0.4, -0.2) is 45.4 Å². The van der Waals surface area contributed by atoms with Gasteiger partial charge in [0.25, 0.3) is 5.91 Å². The fourth-order valence-corrected chi connectivity index (χ4v) is 4.88. The number of nitrogens with two attached hydrogens (primary N) is 1. The zero-order valence-corrected chi connectivity index (χ0v) is 20.7. The fourth-order valence-electron chi connectivity index (χ4n) is 3.10. The number of halogens is 2. The molecule has 35 heavy (non-hydrogen) atoms. The number of primary amides is 1. The normalized spacial score (nSPS) is 11.7. The molecule has 0 aliphatic heterocycles. The Morgan fingerprint density at radius 3 is 2.63 bits per heavy atom. The smallest absolute Gasteiger partial charge is 0.341 e. The predicted octanol–water partition coefficient (Wildman–Crippen LogP) is 3.22. The fraction of sp³-hybridized carbons (Fsp3) is 0.286. The molecule has 0 saturated carbocycles. The van der Waals surface area contributed by atoms with E-state index in [9.17, 15) is 23.2 Å². The third kappa shape index (κ3) is 5.77. The molecule has 1 atom stereocenters. The SMILES string of the molecule is COC(=O)c1c(NC(=O)CSc2nnc(C(C)Oc3ccc(F)cc3F)n2C)sc(C(N)=O)c1C. The molecule has 186 valence electrons. The quantitative estimate of drug-likeness (QED) is 0.321. The number of rotatable bonds is 9. The molecule has 0 radical (unpaired) electrons. The second-order valence-corrected chi connectivity index (χ2v) is 9.15. The number of aromatic nitrogens is 3. The molecular weight excluding hydrogens is 504 g/mol. The van der Waals surface area contributed by atoms with Crippen molar-refractivity contribution in [3.05, 3.63) is 51.7 Å². The Bertz CT molecular complexity index is 1290. The highest BCUT2D eigenvalue weighted by Crippen LogP contribution is 2.34. The number of hydrogen-bond donors (Lipinski definition) is 2. The molecular formula is C21H21F2N5O5S2. The van der Waals surface area contributed by atoms with Crippen molar-refractivity contribution >= 4 is 45.9 Å². The summed E-state index contributed by atoms with van der Waals surface area (Å²) < 4.78 is 38.8. The summed E-state index contributed by atoms with van der Waals surface area (Å²) in [5.41, 5.74) is 5.73. The second kappa shape index (κ2) is 10.8. The summed E-state index contributed by atoms with van der Waals surface area (Å²) in [5, 5.41) is 11.2. The van der Waals surface area contributed by atoms with Crippen LogP contribution >= 0.6 is 23.1 Å². The number of benzene rings is 1. The molecule has 14 heteroatoms. The minimum atomic E-state index is -0.847. The highest BCUT2D eigenvalue weighted by molar-refractivity contribution is 7.99.